The molecule has 0 atom stereocenters. The van der Waals surface area contributed by atoms with Crippen LogP contribution in [0.25, 0.3) is 11.3 Å². The number of amides is 3. The van der Waals surface area contributed by atoms with E-state index in [0.29, 0.717) is 45.1 Å². The van der Waals surface area contributed by atoms with Crippen LogP contribution < -0.4 is 16.0 Å². The number of hydrogen-bond acceptors (Lipinski definition) is 4. The summed E-state index contributed by atoms with van der Waals surface area (Å²) < 4.78 is 5.69. The normalized spacial score (nSPS) is 10.4. The molecule has 2 aromatic carbocycles. The third kappa shape index (κ3) is 5.73. The average molecular weight is 433 g/mol. The second-order valence-electron chi connectivity index (χ2n) is 6.07. The number of nitrogens with one attached hydrogen (secondary N) is 3. The van der Waals surface area contributed by atoms with Crippen molar-refractivity contribution in [3.05, 3.63) is 64.6 Å². The van der Waals surface area contributed by atoms with Gasteiger partial charge in [-0.1, -0.05) is 23.2 Å². The van der Waals surface area contributed by atoms with Crippen LogP contribution in [0.1, 0.15) is 12.3 Å². The second kappa shape index (κ2) is 9.45. The first-order valence-corrected chi connectivity index (χ1v) is 9.49. The van der Waals surface area contributed by atoms with E-state index in [2.05, 4.69) is 20.9 Å². The quantitative estimate of drug-likeness (QED) is 0.511. The summed E-state index contributed by atoms with van der Waals surface area (Å²) in [5.74, 6) is 0.772. The molecule has 0 aliphatic heterocycles. The van der Waals surface area contributed by atoms with Gasteiger partial charge in [-0.25, -0.2) is 9.78 Å². The lowest BCUT2D eigenvalue weighted by atomic mass is 10.2. The molecule has 0 bridgehead atoms. The van der Waals surface area contributed by atoms with Crippen LogP contribution in [0.15, 0.2) is 53.1 Å². The molecule has 150 valence electrons. The molecule has 0 saturated carbocycles. The Hall–Kier alpha value is -3.03. The highest BCUT2D eigenvalue weighted by molar-refractivity contribution is 6.36. The fraction of sp³-hybridized carbons (Fsp3) is 0.150. The monoisotopic (exact) mass is 432 g/mol. The standard InChI is InChI=1S/C20H18Cl2N4O3/c1-23-20(28)26-14-5-3-13(4-6-14)25-18(27)8-9-19-24-11-17(29-19)15-7-2-12(21)10-16(15)22/h2-7,10-11H,8-9H2,1H3,(H,25,27)(H2,23,26,28). The molecule has 1 heterocycles. The van der Waals surface area contributed by atoms with Gasteiger partial charge in [-0.05, 0) is 42.5 Å². The van der Waals surface area contributed by atoms with E-state index in [1.807, 2.05) is 0 Å². The van der Waals surface area contributed by atoms with Crippen LogP contribution in [0.3, 0.4) is 0 Å². The number of halogens is 2. The molecule has 29 heavy (non-hydrogen) atoms. The van der Waals surface area contributed by atoms with Crippen LogP contribution in [0.5, 0.6) is 0 Å². The van der Waals surface area contributed by atoms with Crippen molar-refractivity contribution in [3.8, 4) is 11.3 Å². The Balaban J connectivity index is 1.53. The van der Waals surface area contributed by atoms with Gasteiger partial charge in [0.25, 0.3) is 0 Å². The highest BCUT2D eigenvalue weighted by Gasteiger charge is 2.12. The molecule has 3 aromatic rings. The summed E-state index contributed by atoms with van der Waals surface area (Å²) in [6, 6.07) is 11.6. The summed E-state index contributed by atoms with van der Waals surface area (Å²) in [6.07, 6.45) is 2.11. The third-order valence-corrected chi connectivity index (χ3v) is 4.52. The van der Waals surface area contributed by atoms with Crippen molar-refractivity contribution in [1.29, 1.82) is 0 Å². The minimum Gasteiger partial charge on any atom is -0.441 e. The van der Waals surface area contributed by atoms with Crippen molar-refractivity contribution >= 4 is 46.5 Å². The molecule has 0 aliphatic rings. The summed E-state index contributed by atoms with van der Waals surface area (Å²) in [4.78, 5) is 27.6. The van der Waals surface area contributed by atoms with E-state index >= 15 is 0 Å². The summed E-state index contributed by atoms with van der Waals surface area (Å²) in [6.45, 7) is 0. The van der Waals surface area contributed by atoms with Gasteiger partial charge >= 0.3 is 6.03 Å². The van der Waals surface area contributed by atoms with Gasteiger partial charge < -0.3 is 20.4 Å². The Morgan fingerprint density at radius 1 is 1.03 bits per heavy atom. The Morgan fingerprint density at radius 2 is 1.72 bits per heavy atom. The number of urea groups is 1. The zero-order chi connectivity index (χ0) is 20.8. The molecule has 0 saturated heterocycles. The predicted molar refractivity (Wildman–Crippen MR) is 113 cm³/mol. The largest absolute Gasteiger partial charge is 0.441 e. The van der Waals surface area contributed by atoms with E-state index in [4.69, 9.17) is 27.6 Å². The van der Waals surface area contributed by atoms with Crippen molar-refractivity contribution in [2.45, 2.75) is 12.8 Å². The molecular weight excluding hydrogens is 415 g/mol. The maximum atomic E-state index is 12.2. The topological polar surface area (TPSA) is 96.3 Å². The Kier molecular flexibility index (Phi) is 6.74. The van der Waals surface area contributed by atoms with Crippen LogP contribution in [0.2, 0.25) is 10.0 Å². The molecular formula is C20H18Cl2N4O3. The lowest BCUT2D eigenvalue weighted by molar-refractivity contribution is -0.116. The first-order chi connectivity index (χ1) is 13.9. The fourth-order valence-electron chi connectivity index (χ4n) is 2.51. The highest BCUT2D eigenvalue weighted by atomic mass is 35.5. The average Bonchev–Trinajstić information content (AvgIpc) is 3.16. The summed E-state index contributed by atoms with van der Waals surface area (Å²) in [5.41, 5.74) is 1.93. The summed E-state index contributed by atoms with van der Waals surface area (Å²) >= 11 is 12.1. The molecule has 0 fully saturated rings. The van der Waals surface area contributed by atoms with Gasteiger partial charge in [-0.15, -0.1) is 0 Å². The van der Waals surface area contributed by atoms with Crippen LogP contribution in [0.4, 0.5) is 16.2 Å². The van der Waals surface area contributed by atoms with Crippen molar-refractivity contribution in [2.75, 3.05) is 17.7 Å². The van der Waals surface area contributed by atoms with E-state index in [0.717, 1.165) is 0 Å². The number of oxazole rings is 1. The number of carbonyl (C=O) groups is 2. The predicted octanol–water partition coefficient (Wildman–Crippen LogP) is 4.97. The van der Waals surface area contributed by atoms with Gasteiger partial charge in [0.1, 0.15) is 0 Å². The molecule has 1 aromatic heterocycles. The second-order valence-corrected chi connectivity index (χ2v) is 6.92. The molecule has 0 radical (unpaired) electrons. The molecule has 7 nitrogen and oxygen atoms in total. The van der Waals surface area contributed by atoms with Gasteiger partial charge in [0.15, 0.2) is 11.7 Å². The molecule has 0 spiro atoms. The maximum absolute atomic E-state index is 12.2. The van der Waals surface area contributed by atoms with Crippen LogP contribution in [0, 0.1) is 0 Å². The number of benzene rings is 2. The molecule has 9 heteroatoms. The zero-order valence-corrected chi connectivity index (χ0v) is 17.0. The smallest absolute Gasteiger partial charge is 0.318 e. The first-order valence-electron chi connectivity index (χ1n) is 8.73. The van der Waals surface area contributed by atoms with Crippen molar-refractivity contribution in [3.63, 3.8) is 0 Å². The van der Waals surface area contributed by atoms with Gasteiger partial charge in [0.05, 0.1) is 11.2 Å². The first kappa shape index (κ1) is 20.7. The summed E-state index contributed by atoms with van der Waals surface area (Å²) in [7, 11) is 1.53. The van der Waals surface area contributed by atoms with E-state index in [9.17, 15) is 9.59 Å². The van der Waals surface area contributed by atoms with Crippen LogP contribution in [-0.4, -0.2) is 24.0 Å². The van der Waals surface area contributed by atoms with E-state index in [1.54, 1.807) is 48.7 Å². The Labute approximate surface area is 177 Å². The Bertz CT molecular complexity index is 1020. The number of nitrogens with zero attached hydrogens (tertiary/aromatic N) is 1. The minimum absolute atomic E-state index is 0.179. The molecule has 3 amide bonds. The zero-order valence-electron chi connectivity index (χ0n) is 15.5. The van der Waals surface area contributed by atoms with Crippen LogP contribution in [-0.2, 0) is 11.2 Å². The van der Waals surface area contributed by atoms with E-state index < -0.39 is 0 Å². The van der Waals surface area contributed by atoms with E-state index in [1.165, 1.54) is 7.05 Å². The highest BCUT2D eigenvalue weighted by Crippen LogP contribution is 2.30. The number of carbonyl (C=O) groups excluding carboxylic acids is 2. The number of aryl methyl sites for hydroxylation is 1. The van der Waals surface area contributed by atoms with Crippen LogP contribution >= 0.6 is 23.2 Å². The van der Waals surface area contributed by atoms with Gasteiger partial charge in [-0.2, -0.15) is 0 Å². The fourth-order valence-corrected chi connectivity index (χ4v) is 3.02. The maximum Gasteiger partial charge on any atom is 0.318 e. The molecule has 0 aliphatic carbocycles. The lowest BCUT2D eigenvalue weighted by Crippen LogP contribution is -2.24. The van der Waals surface area contributed by atoms with Crippen molar-refractivity contribution in [1.82, 2.24) is 10.3 Å². The van der Waals surface area contributed by atoms with Gasteiger partial charge in [0, 0.05) is 41.9 Å². The van der Waals surface area contributed by atoms with Crippen molar-refractivity contribution in [2.24, 2.45) is 0 Å². The minimum atomic E-state index is -0.313. The van der Waals surface area contributed by atoms with Gasteiger partial charge in [-0.3, -0.25) is 4.79 Å². The SMILES string of the molecule is CNC(=O)Nc1ccc(NC(=O)CCc2ncc(-c3ccc(Cl)cc3Cl)o2)cc1. The Morgan fingerprint density at radius 3 is 2.38 bits per heavy atom. The number of aromatic nitrogens is 1. The molecule has 3 rings (SSSR count). The number of hydrogen-bond donors (Lipinski definition) is 3. The summed E-state index contributed by atoms with van der Waals surface area (Å²) in [5, 5.41) is 8.89. The van der Waals surface area contributed by atoms with Gasteiger partial charge in [0.2, 0.25) is 5.91 Å². The third-order valence-electron chi connectivity index (χ3n) is 3.97. The number of anilines is 2. The molecule has 0 unspecified atom stereocenters. The number of rotatable bonds is 6. The molecule has 3 N–H and O–H groups in total. The lowest BCUT2D eigenvalue weighted by Gasteiger charge is -2.07. The van der Waals surface area contributed by atoms with Crippen molar-refractivity contribution < 1.29 is 14.0 Å². The van der Waals surface area contributed by atoms with E-state index in [-0.39, 0.29) is 18.4 Å².